The third-order valence-corrected chi connectivity index (χ3v) is 4.30. The molecule has 1 heterocycles. The third kappa shape index (κ3) is 4.99. The molecular formula is C22H19FN2O4. The monoisotopic (exact) mass is 394 g/mol. The smallest absolute Gasteiger partial charge is 0.261 e. The second-order valence-corrected chi connectivity index (χ2v) is 6.26. The van der Waals surface area contributed by atoms with E-state index in [2.05, 4.69) is 17.2 Å². The zero-order valence-corrected chi connectivity index (χ0v) is 15.6. The van der Waals surface area contributed by atoms with Crippen LogP contribution in [0.3, 0.4) is 0 Å². The van der Waals surface area contributed by atoms with Crippen molar-refractivity contribution in [3.63, 3.8) is 0 Å². The Morgan fingerprint density at radius 1 is 1.00 bits per heavy atom. The van der Waals surface area contributed by atoms with Gasteiger partial charge in [0.2, 0.25) is 5.91 Å². The summed E-state index contributed by atoms with van der Waals surface area (Å²) in [6.07, 6.45) is 0.530. The predicted octanol–water partition coefficient (Wildman–Crippen LogP) is 2.40. The minimum Gasteiger partial charge on any atom is -0.478 e. The van der Waals surface area contributed by atoms with Crippen LogP contribution in [0.2, 0.25) is 0 Å². The minimum absolute atomic E-state index is 0.0105. The quantitative estimate of drug-likeness (QED) is 0.578. The van der Waals surface area contributed by atoms with Gasteiger partial charge in [-0.2, -0.15) is 0 Å². The number of imide groups is 1. The summed E-state index contributed by atoms with van der Waals surface area (Å²) < 4.78 is 18.5. The number of hydrogen-bond donors (Lipinski definition) is 1. The van der Waals surface area contributed by atoms with Gasteiger partial charge in [0.25, 0.3) is 11.8 Å². The fourth-order valence-electron chi connectivity index (χ4n) is 2.86. The van der Waals surface area contributed by atoms with Crippen LogP contribution in [0.1, 0.15) is 33.6 Å². The Hall–Kier alpha value is -3.66. The molecule has 0 aromatic heterocycles. The summed E-state index contributed by atoms with van der Waals surface area (Å²) in [7, 11) is 0. The second-order valence-electron chi connectivity index (χ2n) is 6.26. The Morgan fingerprint density at radius 3 is 2.34 bits per heavy atom. The lowest BCUT2D eigenvalue weighted by Crippen LogP contribution is -2.32. The van der Waals surface area contributed by atoms with Gasteiger partial charge in [0.15, 0.2) is 11.6 Å². The summed E-state index contributed by atoms with van der Waals surface area (Å²) in [5.74, 6) is 4.18. The highest BCUT2D eigenvalue weighted by molar-refractivity contribution is 6.21. The molecule has 0 bridgehead atoms. The fraction of sp³-hybridized carbons (Fsp3) is 0.227. The van der Waals surface area contributed by atoms with E-state index in [1.54, 1.807) is 36.4 Å². The first-order valence-electron chi connectivity index (χ1n) is 9.13. The molecule has 0 fully saturated rings. The summed E-state index contributed by atoms with van der Waals surface area (Å²) >= 11 is 0. The minimum atomic E-state index is -0.458. The SMILES string of the molecule is O=C(CCCN1C(=O)c2ccccc2C1=O)NCC#CCOc1ccccc1F. The molecular weight excluding hydrogens is 375 g/mol. The molecule has 3 rings (SSSR count). The van der Waals surface area contributed by atoms with Gasteiger partial charge in [0.1, 0.15) is 6.61 Å². The standard InChI is InChI=1S/C22H19FN2O4/c23-18-10-3-4-11-19(18)29-15-6-5-13-24-20(26)12-7-14-25-21(27)16-8-1-2-9-17(16)22(25)28/h1-4,8-11H,7,12-15H2,(H,24,26). The molecule has 0 saturated heterocycles. The van der Waals surface area contributed by atoms with Crippen molar-refractivity contribution in [2.24, 2.45) is 0 Å². The molecule has 1 N–H and O–H groups in total. The van der Waals surface area contributed by atoms with E-state index in [0.29, 0.717) is 17.5 Å². The van der Waals surface area contributed by atoms with Gasteiger partial charge in [-0.15, -0.1) is 0 Å². The van der Waals surface area contributed by atoms with E-state index in [9.17, 15) is 18.8 Å². The third-order valence-electron chi connectivity index (χ3n) is 4.30. The van der Waals surface area contributed by atoms with Crippen LogP contribution in [0.15, 0.2) is 48.5 Å². The number of ether oxygens (including phenoxy) is 1. The number of benzene rings is 2. The highest BCUT2D eigenvalue weighted by Gasteiger charge is 2.34. The van der Waals surface area contributed by atoms with Crippen molar-refractivity contribution >= 4 is 17.7 Å². The topological polar surface area (TPSA) is 75.7 Å². The summed E-state index contributed by atoms with van der Waals surface area (Å²) in [6, 6.07) is 12.7. The normalized spacial score (nSPS) is 12.2. The number of nitrogens with zero attached hydrogens (tertiary/aromatic N) is 1. The molecule has 29 heavy (non-hydrogen) atoms. The van der Waals surface area contributed by atoms with Gasteiger partial charge in [-0.3, -0.25) is 19.3 Å². The van der Waals surface area contributed by atoms with Crippen molar-refractivity contribution in [3.05, 3.63) is 65.5 Å². The maximum absolute atomic E-state index is 13.4. The number of hydrogen-bond acceptors (Lipinski definition) is 4. The summed E-state index contributed by atoms with van der Waals surface area (Å²) in [5.41, 5.74) is 0.796. The van der Waals surface area contributed by atoms with Gasteiger partial charge >= 0.3 is 0 Å². The molecule has 1 aliphatic heterocycles. The van der Waals surface area contributed by atoms with Gasteiger partial charge in [0.05, 0.1) is 17.7 Å². The van der Waals surface area contributed by atoms with Crippen molar-refractivity contribution < 1.29 is 23.5 Å². The van der Waals surface area contributed by atoms with E-state index in [4.69, 9.17) is 4.74 Å². The number of para-hydroxylation sites is 1. The number of fused-ring (bicyclic) bond motifs is 1. The van der Waals surface area contributed by atoms with Crippen molar-refractivity contribution in [3.8, 4) is 17.6 Å². The van der Waals surface area contributed by atoms with Crippen LogP contribution in [-0.4, -0.2) is 42.3 Å². The number of carbonyl (C=O) groups excluding carboxylic acids is 3. The second kappa shape index (κ2) is 9.51. The molecule has 2 aromatic rings. The van der Waals surface area contributed by atoms with E-state index in [1.807, 2.05) is 0 Å². The lowest BCUT2D eigenvalue weighted by Gasteiger charge is -2.13. The summed E-state index contributed by atoms with van der Waals surface area (Å²) in [6.45, 7) is 0.324. The molecule has 0 saturated carbocycles. The molecule has 0 radical (unpaired) electrons. The first-order chi connectivity index (χ1) is 14.1. The molecule has 0 aliphatic carbocycles. The molecule has 0 spiro atoms. The van der Waals surface area contributed by atoms with Crippen LogP contribution in [0.4, 0.5) is 4.39 Å². The first kappa shape index (κ1) is 20.1. The van der Waals surface area contributed by atoms with Gasteiger partial charge < -0.3 is 10.1 Å². The molecule has 148 valence electrons. The highest BCUT2D eigenvalue weighted by atomic mass is 19.1. The number of halogens is 1. The van der Waals surface area contributed by atoms with Crippen molar-refractivity contribution in [1.29, 1.82) is 0 Å². The Kier molecular flexibility index (Phi) is 6.59. The van der Waals surface area contributed by atoms with Gasteiger partial charge in [-0.1, -0.05) is 36.1 Å². The maximum Gasteiger partial charge on any atom is 0.261 e. The van der Waals surface area contributed by atoms with Crippen LogP contribution in [0, 0.1) is 17.7 Å². The Balaban J connectivity index is 1.34. The number of amides is 3. The Morgan fingerprint density at radius 2 is 1.66 bits per heavy atom. The van der Waals surface area contributed by atoms with Crippen LogP contribution in [0.5, 0.6) is 5.75 Å². The van der Waals surface area contributed by atoms with Crippen molar-refractivity contribution in [1.82, 2.24) is 10.2 Å². The molecule has 6 nitrogen and oxygen atoms in total. The number of nitrogens with one attached hydrogen (secondary N) is 1. The van der Waals surface area contributed by atoms with Crippen molar-refractivity contribution in [2.75, 3.05) is 19.7 Å². The fourth-order valence-corrected chi connectivity index (χ4v) is 2.86. The van der Waals surface area contributed by atoms with Crippen LogP contribution < -0.4 is 10.1 Å². The average molecular weight is 394 g/mol. The zero-order chi connectivity index (χ0) is 20.6. The lowest BCUT2D eigenvalue weighted by atomic mass is 10.1. The first-order valence-corrected chi connectivity index (χ1v) is 9.13. The summed E-state index contributed by atoms with van der Waals surface area (Å²) in [5, 5.41) is 2.63. The maximum atomic E-state index is 13.4. The predicted molar refractivity (Wildman–Crippen MR) is 104 cm³/mol. The average Bonchev–Trinajstić information content (AvgIpc) is 2.97. The van der Waals surface area contributed by atoms with Crippen molar-refractivity contribution in [2.45, 2.75) is 12.8 Å². The largest absolute Gasteiger partial charge is 0.478 e. The van der Waals surface area contributed by atoms with E-state index < -0.39 is 5.82 Å². The van der Waals surface area contributed by atoms with Crippen LogP contribution in [-0.2, 0) is 4.79 Å². The Bertz CT molecular complexity index is 959. The number of carbonyl (C=O) groups is 3. The summed E-state index contributed by atoms with van der Waals surface area (Å²) in [4.78, 5) is 37.5. The molecule has 0 unspecified atom stereocenters. The molecule has 2 aromatic carbocycles. The van der Waals surface area contributed by atoms with Gasteiger partial charge in [0, 0.05) is 13.0 Å². The molecule has 3 amide bonds. The van der Waals surface area contributed by atoms with E-state index in [-0.39, 0.29) is 49.6 Å². The molecule has 1 aliphatic rings. The van der Waals surface area contributed by atoms with Gasteiger partial charge in [-0.25, -0.2) is 4.39 Å². The highest BCUT2D eigenvalue weighted by Crippen LogP contribution is 2.22. The van der Waals surface area contributed by atoms with Crippen LogP contribution in [0.25, 0.3) is 0 Å². The van der Waals surface area contributed by atoms with E-state index >= 15 is 0 Å². The molecule has 7 heteroatoms. The van der Waals surface area contributed by atoms with E-state index in [1.165, 1.54) is 12.1 Å². The molecule has 0 atom stereocenters. The lowest BCUT2D eigenvalue weighted by molar-refractivity contribution is -0.121. The zero-order valence-electron chi connectivity index (χ0n) is 15.6. The van der Waals surface area contributed by atoms with Crippen LogP contribution >= 0.6 is 0 Å². The van der Waals surface area contributed by atoms with E-state index in [0.717, 1.165) is 4.90 Å². The Labute approximate surface area is 167 Å². The number of rotatable bonds is 7. The van der Waals surface area contributed by atoms with Gasteiger partial charge in [-0.05, 0) is 30.7 Å².